The van der Waals surface area contributed by atoms with Gasteiger partial charge in [0.15, 0.2) is 0 Å². The zero-order valence-electron chi connectivity index (χ0n) is 18.6. The van der Waals surface area contributed by atoms with Gasteiger partial charge in [-0.2, -0.15) is 13.2 Å². The lowest BCUT2D eigenvalue weighted by atomic mass is 10.1. The Bertz CT molecular complexity index is 1440. The van der Waals surface area contributed by atoms with Crippen molar-refractivity contribution in [1.82, 2.24) is 20.0 Å². The van der Waals surface area contributed by atoms with E-state index in [1.165, 1.54) is 42.5 Å². The standard InChI is InChI=1S/C23H18F3N5O5/c1-2-18-17(20(32)30(28-18)15-7-9-16(10-8-15)31(35)36)11-19-21(33)29(22(34)27-19)12-13-3-5-14(6-4-13)23(24,25)26/h3-11,28H,2,12H2,1H3,(H,27,34)/b19-11-. The highest BCUT2D eigenvalue weighted by Gasteiger charge is 2.35. The number of amides is 3. The van der Waals surface area contributed by atoms with Crippen molar-refractivity contribution in [2.45, 2.75) is 26.1 Å². The van der Waals surface area contributed by atoms with E-state index in [0.29, 0.717) is 23.4 Å². The minimum atomic E-state index is -4.51. The van der Waals surface area contributed by atoms with Crippen LogP contribution in [0.1, 0.15) is 29.3 Å². The summed E-state index contributed by atoms with van der Waals surface area (Å²) < 4.78 is 39.5. The van der Waals surface area contributed by atoms with Gasteiger partial charge in [-0.3, -0.25) is 29.7 Å². The van der Waals surface area contributed by atoms with Crippen LogP contribution in [0, 0.1) is 10.1 Å². The van der Waals surface area contributed by atoms with Gasteiger partial charge in [0.1, 0.15) is 5.70 Å². The summed E-state index contributed by atoms with van der Waals surface area (Å²) in [6.45, 7) is 1.50. The van der Waals surface area contributed by atoms with Crippen molar-refractivity contribution in [2.75, 3.05) is 0 Å². The molecule has 1 saturated heterocycles. The lowest BCUT2D eigenvalue weighted by Crippen LogP contribution is -2.30. The fourth-order valence-electron chi connectivity index (χ4n) is 3.66. The topological polar surface area (TPSA) is 130 Å². The first-order valence-electron chi connectivity index (χ1n) is 10.6. The molecule has 1 aromatic heterocycles. The summed E-state index contributed by atoms with van der Waals surface area (Å²) in [7, 11) is 0. The molecule has 0 unspecified atom stereocenters. The highest BCUT2D eigenvalue weighted by atomic mass is 19.4. The van der Waals surface area contributed by atoms with Crippen molar-refractivity contribution in [3.05, 3.63) is 97.1 Å². The Balaban J connectivity index is 1.61. The lowest BCUT2D eigenvalue weighted by Gasteiger charge is -2.13. The second-order valence-electron chi connectivity index (χ2n) is 7.85. The number of aromatic nitrogens is 2. The van der Waals surface area contributed by atoms with E-state index in [2.05, 4.69) is 10.4 Å². The van der Waals surface area contributed by atoms with E-state index in [9.17, 15) is 37.7 Å². The van der Waals surface area contributed by atoms with Crippen LogP contribution in [0.25, 0.3) is 11.8 Å². The van der Waals surface area contributed by atoms with Crippen molar-refractivity contribution < 1.29 is 27.7 Å². The maximum Gasteiger partial charge on any atom is 0.416 e. The molecule has 0 spiro atoms. The monoisotopic (exact) mass is 501 g/mol. The number of aryl methyl sites for hydroxylation is 1. The van der Waals surface area contributed by atoms with Crippen LogP contribution in [0.15, 0.2) is 59.0 Å². The Morgan fingerprint density at radius 1 is 1.03 bits per heavy atom. The fraction of sp³-hybridized carbons (Fsp3) is 0.174. The zero-order valence-corrected chi connectivity index (χ0v) is 18.6. The van der Waals surface area contributed by atoms with E-state index in [0.717, 1.165) is 21.7 Å². The Morgan fingerprint density at radius 2 is 1.67 bits per heavy atom. The van der Waals surface area contributed by atoms with Gasteiger partial charge in [-0.05, 0) is 42.3 Å². The number of nitrogens with zero attached hydrogens (tertiary/aromatic N) is 3. The summed E-state index contributed by atoms with van der Waals surface area (Å²) in [6.07, 6.45) is -2.91. The third kappa shape index (κ3) is 4.62. The number of carbonyl (C=O) groups is 2. The van der Waals surface area contributed by atoms with Gasteiger partial charge in [-0.15, -0.1) is 0 Å². The quantitative estimate of drug-likeness (QED) is 0.230. The molecule has 13 heteroatoms. The number of nitrogens with one attached hydrogen (secondary N) is 2. The van der Waals surface area contributed by atoms with Crippen LogP contribution in [-0.2, 0) is 23.9 Å². The van der Waals surface area contributed by atoms with Crippen molar-refractivity contribution in [1.29, 1.82) is 0 Å². The molecule has 0 atom stereocenters. The molecule has 1 fully saturated rings. The normalized spacial score (nSPS) is 15.0. The maximum absolute atomic E-state index is 13.1. The minimum absolute atomic E-state index is 0.107. The molecule has 4 rings (SSSR count). The molecule has 1 aliphatic rings. The number of H-pyrrole nitrogens is 1. The predicted molar refractivity (Wildman–Crippen MR) is 121 cm³/mol. The molecule has 2 aromatic carbocycles. The number of benzene rings is 2. The summed E-state index contributed by atoms with van der Waals surface area (Å²) in [5.41, 5.74) is -0.522. The SMILES string of the molecule is CCc1[nH]n(-c2ccc([N+](=O)[O-])cc2)c(=O)c1/C=C1\NC(=O)N(Cc2ccc(C(F)(F)F)cc2)C1=O. The van der Waals surface area contributed by atoms with Gasteiger partial charge in [0.05, 0.1) is 28.3 Å². The van der Waals surface area contributed by atoms with Crippen molar-refractivity contribution in [3.63, 3.8) is 0 Å². The third-order valence-corrected chi connectivity index (χ3v) is 5.55. The molecule has 0 saturated carbocycles. The first-order chi connectivity index (χ1) is 17.0. The number of imide groups is 1. The van der Waals surface area contributed by atoms with E-state index >= 15 is 0 Å². The van der Waals surface area contributed by atoms with E-state index < -0.39 is 34.2 Å². The largest absolute Gasteiger partial charge is 0.416 e. The highest BCUT2D eigenvalue weighted by Crippen LogP contribution is 2.29. The second-order valence-corrected chi connectivity index (χ2v) is 7.85. The second kappa shape index (κ2) is 9.17. The van der Waals surface area contributed by atoms with E-state index in [1.807, 2.05) is 0 Å². The molecule has 3 aromatic rings. The molecule has 2 N–H and O–H groups in total. The number of aromatic amines is 1. The molecule has 186 valence electrons. The number of rotatable bonds is 6. The summed E-state index contributed by atoms with van der Waals surface area (Å²) in [5.74, 6) is -0.746. The highest BCUT2D eigenvalue weighted by molar-refractivity contribution is 6.13. The number of carbonyl (C=O) groups excluding carboxylic acids is 2. The number of nitro groups is 1. The van der Waals surface area contributed by atoms with Crippen LogP contribution in [0.2, 0.25) is 0 Å². The van der Waals surface area contributed by atoms with Gasteiger partial charge in [0, 0.05) is 17.8 Å². The molecule has 10 nitrogen and oxygen atoms in total. The summed E-state index contributed by atoms with van der Waals surface area (Å²) in [5, 5.41) is 16.2. The summed E-state index contributed by atoms with van der Waals surface area (Å²) >= 11 is 0. The molecule has 2 heterocycles. The van der Waals surface area contributed by atoms with Crippen LogP contribution in [-0.4, -0.2) is 31.5 Å². The summed E-state index contributed by atoms with van der Waals surface area (Å²) in [6, 6.07) is 8.55. The molecule has 0 radical (unpaired) electrons. The van der Waals surface area contributed by atoms with Crippen molar-refractivity contribution >= 4 is 23.7 Å². The first-order valence-corrected chi connectivity index (χ1v) is 10.6. The number of urea groups is 1. The van der Waals surface area contributed by atoms with Crippen LogP contribution in [0.4, 0.5) is 23.7 Å². The predicted octanol–water partition coefficient (Wildman–Crippen LogP) is 3.75. The van der Waals surface area contributed by atoms with Crippen molar-refractivity contribution in [2.24, 2.45) is 0 Å². The minimum Gasteiger partial charge on any atom is -0.303 e. The van der Waals surface area contributed by atoms with Crippen LogP contribution in [0.3, 0.4) is 0 Å². The van der Waals surface area contributed by atoms with Gasteiger partial charge < -0.3 is 5.32 Å². The Morgan fingerprint density at radius 3 is 2.22 bits per heavy atom. The number of hydrogen-bond acceptors (Lipinski definition) is 5. The van der Waals surface area contributed by atoms with E-state index in [-0.39, 0.29) is 23.5 Å². The molecule has 0 aliphatic carbocycles. The third-order valence-electron chi connectivity index (χ3n) is 5.55. The van der Waals surface area contributed by atoms with Gasteiger partial charge in [0.2, 0.25) is 0 Å². The van der Waals surface area contributed by atoms with E-state index in [1.54, 1.807) is 6.92 Å². The fourth-order valence-corrected chi connectivity index (χ4v) is 3.66. The molecule has 3 amide bonds. The molecular formula is C23H18F3N5O5. The number of non-ortho nitro benzene ring substituents is 1. The molecular weight excluding hydrogens is 483 g/mol. The molecule has 0 bridgehead atoms. The van der Waals surface area contributed by atoms with E-state index in [4.69, 9.17) is 0 Å². The Labute approximate surface area is 200 Å². The van der Waals surface area contributed by atoms with Gasteiger partial charge >= 0.3 is 12.2 Å². The van der Waals surface area contributed by atoms with Crippen LogP contribution in [0.5, 0.6) is 0 Å². The smallest absolute Gasteiger partial charge is 0.303 e. The van der Waals surface area contributed by atoms with Crippen LogP contribution >= 0.6 is 0 Å². The van der Waals surface area contributed by atoms with Gasteiger partial charge in [-0.25, -0.2) is 9.48 Å². The van der Waals surface area contributed by atoms with Crippen molar-refractivity contribution in [3.8, 4) is 5.69 Å². The number of nitro benzene ring substituents is 1. The lowest BCUT2D eigenvalue weighted by molar-refractivity contribution is -0.384. The summed E-state index contributed by atoms with van der Waals surface area (Å²) in [4.78, 5) is 49.4. The average Bonchev–Trinajstić information content (AvgIpc) is 3.29. The zero-order chi connectivity index (χ0) is 26.2. The average molecular weight is 501 g/mol. The maximum atomic E-state index is 13.1. The Hall–Kier alpha value is -4.68. The van der Waals surface area contributed by atoms with Gasteiger partial charge in [-0.1, -0.05) is 19.1 Å². The molecule has 1 aliphatic heterocycles. The van der Waals surface area contributed by atoms with Crippen LogP contribution < -0.4 is 10.9 Å². The number of hydrogen-bond donors (Lipinski definition) is 2. The number of halogens is 3. The Kier molecular flexibility index (Phi) is 6.23. The van der Waals surface area contributed by atoms with Gasteiger partial charge in [0.25, 0.3) is 17.2 Å². The number of alkyl halides is 3. The first kappa shape index (κ1) is 24.4. The molecule has 36 heavy (non-hydrogen) atoms.